The van der Waals surface area contributed by atoms with Crippen LogP contribution in [-0.4, -0.2) is 64.2 Å². The van der Waals surface area contributed by atoms with Crippen LogP contribution in [0.2, 0.25) is 0 Å². The maximum absolute atomic E-state index is 12.1. The van der Waals surface area contributed by atoms with Crippen molar-refractivity contribution in [2.75, 3.05) is 28.4 Å². The largest absolute Gasteiger partial charge is 0.465 e. The molecule has 1 heterocycles. The highest BCUT2D eigenvalue weighted by Gasteiger charge is 2.72. The third-order valence-electron chi connectivity index (χ3n) is 3.28. The smallest absolute Gasteiger partial charge is 0.373 e. The maximum atomic E-state index is 12.1. The van der Waals surface area contributed by atoms with Gasteiger partial charge >= 0.3 is 23.5 Å². The highest BCUT2D eigenvalue weighted by Crippen LogP contribution is 2.41. The fourth-order valence-corrected chi connectivity index (χ4v) is 2.04. The van der Waals surface area contributed by atoms with Crippen molar-refractivity contribution in [3.63, 3.8) is 0 Å². The molecule has 0 aliphatic carbocycles. The first kappa shape index (κ1) is 16.8. The molecule has 1 aliphatic heterocycles. The van der Waals surface area contributed by atoms with Gasteiger partial charge in [0.15, 0.2) is 0 Å². The van der Waals surface area contributed by atoms with Crippen LogP contribution in [0, 0.1) is 0 Å². The molecule has 0 bridgehead atoms. The summed E-state index contributed by atoms with van der Waals surface area (Å²) in [5, 5.41) is 0. The average molecular weight is 292 g/mol. The van der Waals surface area contributed by atoms with Crippen molar-refractivity contribution in [2.45, 2.75) is 37.6 Å². The SMILES string of the molecule is COC(=O)C1(OC)OC(C)C(C)OC1(OC)C(=O)OC. The third kappa shape index (κ3) is 2.18. The van der Waals surface area contributed by atoms with Crippen LogP contribution in [0.1, 0.15) is 13.8 Å². The highest BCUT2D eigenvalue weighted by molar-refractivity contribution is 5.90. The summed E-state index contributed by atoms with van der Waals surface area (Å²) in [6.07, 6.45) is -1.08. The molecule has 1 saturated heterocycles. The van der Waals surface area contributed by atoms with Gasteiger partial charge in [-0.15, -0.1) is 0 Å². The van der Waals surface area contributed by atoms with E-state index in [4.69, 9.17) is 18.9 Å². The Morgan fingerprint density at radius 1 is 0.800 bits per heavy atom. The molecule has 1 rings (SSSR count). The van der Waals surface area contributed by atoms with E-state index in [1.807, 2.05) is 0 Å². The van der Waals surface area contributed by atoms with Gasteiger partial charge in [-0.05, 0) is 13.8 Å². The molecule has 1 fully saturated rings. The van der Waals surface area contributed by atoms with E-state index in [1.54, 1.807) is 13.8 Å². The topological polar surface area (TPSA) is 89.5 Å². The fraction of sp³-hybridized carbons (Fsp3) is 0.833. The summed E-state index contributed by atoms with van der Waals surface area (Å²) in [6, 6.07) is 0. The molecule has 0 spiro atoms. The highest BCUT2D eigenvalue weighted by atomic mass is 16.8. The standard InChI is InChI=1S/C12H20O8/c1-7-8(2)20-12(18-6,10(14)16-4)11(17-5,19-7)9(13)15-3/h7-8H,1-6H3. The minimum atomic E-state index is -2.21. The Morgan fingerprint density at radius 3 is 1.30 bits per heavy atom. The second kappa shape index (κ2) is 6.04. The van der Waals surface area contributed by atoms with Crippen LogP contribution in [0.3, 0.4) is 0 Å². The van der Waals surface area contributed by atoms with Gasteiger partial charge in [0.25, 0.3) is 0 Å². The van der Waals surface area contributed by atoms with Gasteiger partial charge in [-0.3, -0.25) is 0 Å². The van der Waals surface area contributed by atoms with E-state index in [1.165, 1.54) is 14.2 Å². The zero-order valence-corrected chi connectivity index (χ0v) is 12.4. The van der Waals surface area contributed by atoms with Gasteiger partial charge in [0.2, 0.25) is 0 Å². The van der Waals surface area contributed by atoms with Crippen LogP contribution >= 0.6 is 0 Å². The lowest BCUT2D eigenvalue weighted by Gasteiger charge is -2.49. The Hall–Kier alpha value is -1.22. The van der Waals surface area contributed by atoms with Crippen LogP contribution < -0.4 is 0 Å². The summed E-state index contributed by atoms with van der Waals surface area (Å²) < 4.78 is 30.7. The quantitative estimate of drug-likeness (QED) is 0.660. The molecule has 0 aromatic carbocycles. The molecule has 0 aromatic rings. The number of methoxy groups -OCH3 is 4. The molecule has 1 aliphatic rings. The second-order valence-corrected chi connectivity index (χ2v) is 4.27. The van der Waals surface area contributed by atoms with E-state index in [0.717, 1.165) is 14.2 Å². The van der Waals surface area contributed by atoms with E-state index in [2.05, 4.69) is 9.47 Å². The molecule has 8 nitrogen and oxygen atoms in total. The van der Waals surface area contributed by atoms with Crippen LogP contribution in [0.5, 0.6) is 0 Å². The van der Waals surface area contributed by atoms with E-state index in [-0.39, 0.29) is 0 Å². The average Bonchev–Trinajstić information content (AvgIpc) is 2.47. The van der Waals surface area contributed by atoms with Crippen molar-refractivity contribution in [3.05, 3.63) is 0 Å². The van der Waals surface area contributed by atoms with Crippen molar-refractivity contribution < 1.29 is 38.0 Å². The summed E-state index contributed by atoms with van der Waals surface area (Å²) in [5.41, 5.74) is 0. The van der Waals surface area contributed by atoms with E-state index in [9.17, 15) is 9.59 Å². The maximum Gasteiger partial charge on any atom is 0.373 e. The van der Waals surface area contributed by atoms with Crippen LogP contribution in [0.4, 0.5) is 0 Å². The molecule has 4 unspecified atom stereocenters. The van der Waals surface area contributed by atoms with Gasteiger partial charge in [0.1, 0.15) is 0 Å². The predicted molar refractivity (Wildman–Crippen MR) is 64.6 cm³/mol. The van der Waals surface area contributed by atoms with Gasteiger partial charge in [0.05, 0.1) is 26.4 Å². The number of hydrogen-bond acceptors (Lipinski definition) is 8. The minimum absolute atomic E-state index is 0.540. The molecular weight excluding hydrogens is 272 g/mol. The monoisotopic (exact) mass is 292 g/mol. The Kier molecular flexibility index (Phi) is 5.09. The Morgan fingerprint density at radius 2 is 1.10 bits per heavy atom. The van der Waals surface area contributed by atoms with Crippen molar-refractivity contribution >= 4 is 11.9 Å². The van der Waals surface area contributed by atoms with E-state index in [0.29, 0.717) is 0 Å². The lowest BCUT2D eigenvalue weighted by atomic mass is 10.0. The first-order valence-corrected chi connectivity index (χ1v) is 5.98. The Balaban J connectivity index is 3.45. The zero-order chi connectivity index (χ0) is 15.6. The third-order valence-corrected chi connectivity index (χ3v) is 3.28. The lowest BCUT2D eigenvalue weighted by molar-refractivity contribution is -0.428. The Bertz CT molecular complexity index is 348. The normalized spacial score (nSPS) is 37.3. The van der Waals surface area contributed by atoms with Crippen LogP contribution in [0.25, 0.3) is 0 Å². The fourth-order valence-electron chi connectivity index (χ4n) is 2.04. The molecule has 0 N–H and O–H groups in total. The first-order valence-electron chi connectivity index (χ1n) is 5.98. The summed E-state index contributed by atoms with van der Waals surface area (Å²) >= 11 is 0. The number of esters is 2. The summed E-state index contributed by atoms with van der Waals surface area (Å²) in [4.78, 5) is 24.3. The number of hydrogen-bond donors (Lipinski definition) is 0. The number of carbonyl (C=O) groups excluding carboxylic acids is 2. The molecule has 0 aromatic heterocycles. The predicted octanol–water partition coefficient (Wildman–Crippen LogP) is -0.158. The second-order valence-electron chi connectivity index (χ2n) is 4.27. The summed E-state index contributed by atoms with van der Waals surface area (Å²) in [5.74, 6) is -6.36. The number of carbonyl (C=O) groups is 2. The number of rotatable bonds is 4. The lowest BCUT2D eigenvalue weighted by Crippen LogP contribution is -2.74. The van der Waals surface area contributed by atoms with Crippen molar-refractivity contribution in [2.24, 2.45) is 0 Å². The molecule has 4 atom stereocenters. The Labute approximate surface area is 117 Å². The van der Waals surface area contributed by atoms with E-state index >= 15 is 0 Å². The molecule has 0 amide bonds. The van der Waals surface area contributed by atoms with Gasteiger partial charge in [-0.2, -0.15) is 0 Å². The van der Waals surface area contributed by atoms with Crippen molar-refractivity contribution in [1.29, 1.82) is 0 Å². The van der Waals surface area contributed by atoms with Gasteiger partial charge in [-0.1, -0.05) is 0 Å². The molecular formula is C12H20O8. The van der Waals surface area contributed by atoms with Crippen molar-refractivity contribution in [1.82, 2.24) is 0 Å². The zero-order valence-electron chi connectivity index (χ0n) is 12.4. The summed E-state index contributed by atoms with van der Waals surface area (Å²) in [6.45, 7) is 3.33. The molecule has 0 radical (unpaired) electrons. The molecule has 20 heavy (non-hydrogen) atoms. The molecule has 116 valence electrons. The molecule has 0 saturated carbocycles. The van der Waals surface area contributed by atoms with Gasteiger partial charge < -0.3 is 28.4 Å². The summed E-state index contributed by atoms with van der Waals surface area (Å²) in [7, 11) is 4.62. The van der Waals surface area contributed by atoms with E-state index < -0.39 is 35.7 Å². The molecule has 8 heteroatoms. The minimum Gasteiger partial charge on any atom is -0.465 e. The van der Waals surface area contributed by atoms with Gasteiger partial charge in [-0.25, -0.2) is 9.59 Å². The first-order chi connectivity index (χ1) is 9.35. The van der Waals surface area contributed by atoms with Crippen molar-refractivity contribution in [3.8, 4) is 0 Å². The number of ether oxygens (including phenoxy) is 6. The van der Waals surface area contributed by atoms with Crippen LogP contribution in [0.15, 0.2) is 0 Å². The van der Waals surface area contributed by atoms with Gasteiger partial charge in [0, 0.05) is 14.2 Å². The van der Waals surface area contributed by atoms with Crippen LogP contribution in [-0.2, 0) is 38.0 Å².